The predicted octanol–water partition coefficient (Wildman–Crippen LogP) is 1.84. The number of hydrogen-bond donors (Lipinski definition) is 0. The summed E-state index contributed by atoms with van der Waals surface area (Å²) in [6.45, 7) is 4.41. The molecule has 1 rings (SSSR count). The smallest absolute Gasteiger partial charge is 0.272 e. The first-order valence-electron chi connectivity index (χ1n) is 5.39. The molecule has 1 amide bonds. The molecular weight excluding hydrogens is 221 g/mol. The van der Waals surface area contributed by atoms with Gasteiger partial charge in [-0.15, -0.1) is 0 Å². The Morgan fingerprint density at radius 3 is 2.82 bits per heavy atom. The van der Waals surface area contributed by atoms with Gasteiger partial charge < -0.3 is 4.90 Å². The predicted molar refractivity (Wildman–Crippen MR) is 60.5 cm³/mol. The third kappa shape index (κ3) is 3.52. The molecule has 0 N–H and O–H groups in total. The zero-order valence-electron chi connectivity index (χ0n) is 9.85. The number of carbonyl (C=O) groups excluding carboxylic acids is 1. The van der Waals surface area contributed by atoms with Crippen molar-refractivity contribution >= 4 is 5.91 Å². The molecular formula is C12H14FN3O. The summed E-state index contributed by atoms with van der Waals surface area (Å²) in [5.41, 5.74) is 0.193. The highest BCUT2D eigenvalue weighted by Gasteiger charge is 2.17. The molecule has 17 heavy (non-hydrogen) atoms. The third-order valence-electron chi connectivity index (χ3n) is 2.33. The standard InChI is InChI=1S/C12H14FN3O/c1-3-16(8-9(2)6-14)12(17)11-5-4-10(13)7-15-11/h4-5,7,9H,3,8H2,1-2H3. The van der Waals surface area contributed by atoms with E-state index < -0.39 is 5.82 Å². The molecule has 0 spiro atoms. The van der Waals surface area contributed by atoms with Crippen molar-refractivity contribution in [3.63, 3.8) is 0 Å². The summed E-state index contributed by atoms with van der Waals surface area (Å²) in [7, 11) is 0. The van der Waals surface area contributed by atoms with Crippen LogP contribution in [0.1, 0.15) is 24.3 Å². The van der Waals surface area contributed by atoms with Gasteiger partial charge in [-0.1, -0.05) is 0 Å². The van der Waals surface area contributed by atoms with Crippen LogP contribution in [-0.2, 0) is 0 Å². The summed E-state index contributed by atoms with van der Waals surface area (Å²) in [4.78, 5) is 17.2. The second kappa shape index (κ2) is 5.94. The van der Waals surface area contributed by atoms with E-state index in [1.54, 1.807) is 6.92 Å². The summed E-state index contributed by atoms with van der Waals surface area (Å²) >= 11 is 0. The van der Waals surface area contributed by atoms with Gasteiger partial charge in [-0.25, -0.2) is 9.37 Å². The van der Waals surface area contributed by atoms with E-state index in [-0.39, 0.29) is 17.5 Å². The number of nitrogens with zero attached hydrogens (tertiary/aromatic N) is 3. The minimum absolute atomic E-state index is 0.193. The minimum atomic E-state index is -0.477. The van der Waals surface area contributed by atoms with Crippen molar-refractivity contribution in [3.8, 4) is 6.07 Å². The van der Waals surface area contributed by atoms with Gasteiger partial charge in [-0.3, -0.25) is 4.79 Å². The molecule has 1 atom stereocenters. The normalized spacial score (nSPS) is 11.6. The fourth-order valence-corrected chi connectivity index (χ4v) is 1.39. The van der Waals surface area contributed by atoms with Gasteiger partial charge in [0.15, 0.2) is 0 Å². The number of rotatable bonds is 4. The topological polar surface area (TPSA) is 57.0 Å². The summed E-state index contributed by atoms with van der Waals surface area (Å²) in [6.07, 6.45) is 1.01. The van der Waals surface area contributed by atoms with Crippen LogP contribution < -0.4 is 0 Å². The van der Waals surface area contributed by atoms with Crippen LogP contribution in [0.5, 0.6) is 0 Å². The van der Waals surface area contributed by atoms with E-state index in [1.165, 1.54) is 17.0 Å². The Kier molecular flexibility index (Phi) is 4.58. The molecule has 0 aliphatic carbocycles. The van der Waals surface area contributed by atoms with Crippen molar-refractivity contribution in [3.05, 3.63) is 29.8 Å². The molecule has 0 aliphatic heterocycles. The van der Waals surface area contributed by atoms with Crippen molar-refractivity contribution < 1.29 is 9.18 Å². The van der Waals surface area contributed by atoms with Gasteiger partial charge in [0.05, 0.1) is 18.2 Å². The zero-order chi connectivity index (χ0) is 12.8. The van der Waals surface area contributed by atoms with Gasteiger partial charge in [0.1, 0.15) is 11.5 Å². The fraction of sp³-hybridized carbons (Fsp3) is 0.417. The number of hydrogen-bond acceptors (Lipinski definition) is 3. The van der Waals surface area contributed by atoms with Crippen molar-refractivity contribution in [1.29, 1.82) is 5.26 Å². The Labute approximate surface area is 99.7 Å². The molecule has 0 fully saturated rings. The fourth-order valence-electron chi connectivity index (χ4n) is 1.39. The van der Waals surface area contributed by atoms with Gasteiger partial charge in [0.25, 0.3) is 5.91 Å². The first kappa shape index (κ1) is 13.1. The van der Waals surface area contributed by atoms with Crippen LogP contribution in [0, 0.1) is 23.1 Å². The van der Waals surface area contributed by atoms with Crippen molar-refractivity contribution in [2.45, 2.75) is 13.8 Å². The van der Waals surface area contributed by atoms with Crippen LogP contribution in [0.4, 0.5) is 4.39 Å². The van der Waals surface area contributed by atoms with E-state index in [1.807, 2.05) is 6.92 Å². The third-order valence-corrected chi connectivity index (χ3v) is 2.33. The minimum Gasteiger partial charge on any atom is -0.336 e. The van der Waals surface area contributed by atoms with Crippen LogP contribution in [0.2, 0.25) is 0 Å². The molecule has 0 bridgehead atoms. The lowest BCUT2D eigenvalue weighted by atomic mass is 10.2. The van der Waals surface area contributed by atoms with E-state index >= 15 is 0 Å². The van der Waals surface area contributed by atoms with Crippen molar-refractivity contribution in [2.24, 2.45) is 5.92 Å². The second-order valence-corrected chi connectivity index (χ2v) is 3.74. The second-order valence-electron chi connectivity index (χ2n) is 3.74. The number of halogens is 1. The summed E-state index contributed by atoms with van der Waals surface area (Å²) in [5, 5.41) is 8.71. The monoisotopic (exact) mass is 235 g/mol. The molecule has 0 saturated heterocycles. The lowest BCUT2D eigenvalue weighted by molar-refractivity contribution is 0.0746. The molecule has 0 radical (unpaired) electrons. The highest BCUT2D eigenvalue weighted by molar-refractivity contribution is 5.92. The first-order valence-corrected chi connectivity index (χ1v) is 5.39. The van der Waals surface area contributed by atoms with Gasteiger partial charge in [0.2, 0.25) is 0 Å². The van der Waals surface area contributed by atoms with E-state index in [0.717, 1.165) is 6.20 Å². The summed E-state index contributed by atoms with van der Waals surface area (Å²) in [5.74, 6) is -0.996. The molecule has 0 aliphatic rings. The Bertz CT molecular complexity index is 424. The molecule has 1 unspecified atom stereocenters. The van der Waals surface area contributed by atoms with Crippen molar-refractivity contribution in [2.75, 3.05) is 13.1 Å². The highest BCUT2D eigenvalue weighted by Crippen LogP contribution is 2.06. The number of aromatic nitrogens is 1. The summed E-state index contributed by atoms with van der Waals surface area (Å²) < 4.78 is 12.7. The largest absolute Gasteiger partial charge is 0.336 e. The molecule has 5 heteroatoms. The van der Waals surface area contributed by atoms with E-state index in [4.69, 9.17) is 5.26 Å². The molecule has 1 aromatic heterocycles. The van der Waals surface area contributed by atoms with Crippen LogP contribution in [0.25, 0.3) is 0 Å². The molecule has 4 nitrogen and oxygen atoms in total. The molecule has 1 heterocycles. The number of carbonyl (C=O) groups is 1. The van der Waals surface area contributed by atoms with Gasteiger partial charge >= 0.3 is 0 Å². The molecule has 0 aromatic carbocycles. The first-order chi connectivity index (χ1) is 8.08. The number of amides is 1. The molecule has 90 valence electrons. The average molecular weight is 235 g/mol. The van der Waals surface area contributed by atoms with Crippen LogP contribution >= 0.6 is 0 Å². The highest BCUT2D eigenvalue weighted by atomic mass is 19.1. The lowest BCUT2D eigenvalue weighted by Gasteiger charge is -2.21. The maximum Gasteiger partial charge on any atom is 0.272 e. The zero-order valence-corrected chi connectivity index (χ0v) is 9.85. The average Bonchev–Trinajstić information content (AvgIpc) is 2.35. The SMILES string of the molecule is CCN(CC(C)C#N)C(=O)c1ccc(F)cn1. The Balaban J connectivity index is 2.79. The Hall–Kier alpha value is -1.96. The van der Waals surface area contributed by atoms with Crippen molar-refractivity contribution in [1.82, 2.24) is 9.88 Å². The van der Waals surface area contributed by atoms with Crippen LogP contribution in [0.3, 0.4) is 0 Å². The maximum atomic E-state index is 12.7. The van der Waals surface area contributed by atoms with Crippen LogP contribution in [0.15, 0.2) is 18.3 Å². The number of nitriles is 1. The van der Waals surface area contributed by atoms with Gasteiger partial charge in [0, 0.05) is 13.1 Å². The molecule has 0 saturated carbocycles. The van der Waals surface area contributed by atoms with E-state index in [9.17, 15) is 9.18 Å². The maximum absolute atomic E-state index is 12.7. The molecule has 1 aromatic rings. The number of pyridine rings is 1. The van der Waals surface area contributed by atoms with Gasteiger partial charge in [-0.2, -0.15) is 5.26 Å². The van der Waals surface area contributed by atoms with Gasteiger partial charge in [-0.05, 0) is 26.0 Å². The van der Waals surface area contributed by atoms with E-state index in [2.05, 4.69) is 11.1 Å². The lowest BCUT2D eigenvalue weighted by Crippen LogP contribution is -2.34. The quantitative estimate of drug-likeness (QED) is 0.800. The summed E-state index contributed by atoms with van der Waals surface area (Å²) in [6, 6.07) is 4.61. The Morgan fingerprint density at radius 2 is 2.35 bits per heavy atom. The Morgan fingerprint density at radius 1 is 1.65 bits per heavy atom. The van der Waals surface area contributed by atoms with Crippen LogP contribution in [-0.4, -0.2) is 28.9 Å². The van der Waals surface area contributed by atoms with E-state index in [0.29, 0.717) is 13.1 Å².